The largest absolute Gasteiger partial charge is 0.497 e. The maximum Gasteiger partial charge on any atom is 0.191 e. The topological polar surface area (TPSA) is 86.8 Å². The number of H-pyrrole nitrogens is 1. The summed E-state index contributed by atoms with van der Waals surface area (Å²) in [7, 11) is 5.15. The lowest BCUT2D eigenvalue weighted by Gasteiger charge is -2.21. The number of benzene rings is 2. The third-order valence-corrected chi connectivity index (χ3v) is 5.55. The Hall–Kier alpha value is -3.42. The molecule has 0 spiro atoms. The highest BCUT2D eigenvalue weighted by Crippen LogP contribution is 2.30. The van der Waals surface area contributed by atoms with Crippen molar-refractivity contribution < 1.29 is 9.47 Å². The summed E-state index contributed by atoms with van der Waals surface area (Å²) in [5.74, 6) is 3.39. The van der Waals surface area contributed by atoms with Gasteiger partial charge in [-0.2, -0.15) is 0 Å². The van der Waals surface area contributed by atoms with E-state index in [4.69, 9.17) is 9.47 Å². The fourth-order valence-corrected chi connectivity index (χ4v) is 3.90. The standard InChI is InChI=1S/C23H30N6O2/c1-24-23(25-10-8-22-27-20-6-4-5-7-21(20)28-22)26-16-9-11-29(15-16)17-12-18(30-2)14-19(13-17)31-3/h4-7,12-14,16H,8-11,15H2,1-3H3,(H,27,28)(H2,24,25,26). The van der Waals surface area contributed by atoms with E-state index in [1.807, 2.05) is 42.5 Å². The number of methoxy groups -OCH3 is 2. The Kier molecular flexibility index (Phi) is 6.45. The molecule has 8 heteroatoms. The van der Waals surface area contributed by atoms with Gasteiger partial charge in [0, 0.05) is 63.0 Å². The van der Waals surface area contributed by atoms with Gasteiger partial charge in [0.25, 0.3) is 0 Å². The highest BCUT2D eigenvalue weighted by Gasteiger charge is 2.24. The number of hydrogen-bond donors (Lipinski definition) is 3. The fraction of sp³-hybridized carbons (Fsp3) is 0.391. The van der Waals surface area contributed by atoms with Crippen molar-refractivity contribution in [3.05, 3.63) is 48.3 Å². The highest BCUT2D eigenvalue weighted by atomic mass is 16.5. The molecule has 1 aliphatic rings. The fourth-order valence-electron chi connectivity index (χ4n) is 3.90. The average Bonchev–Trinajstić information content (AvgIpc) is 3.44. The first-order valence-corrected chi connectivity index (χ1v) is 10.6. The molecule has 3 N–H and O–H groups in total. The second-order valence-electron chi connectivity index (χ2n) is 7.60. The summed E-state index contributed by atoms with van der Waals surface area (Å²) in [5, 5.41) is 6.94. The summed E-state index contributed by atoms with van der Waals surface area (Å²) in [4.78, 5) is 14.7. The van der Waals surface area contributed by atoms with Gasteiger partial charge in [0.2, 0.25) is 0 Å². The second kappa shape index (κ2) is 9.59. The maximum atomic E-state index is 5.41. The Balaban J connectivity index is 1.29. The summed E-state index contributed by atoms with van der Waals surface area (Å²) in [5.41, 5.74) is 3.17. The van der Waals surface area contributed by atoms with Gasteiger partial charge in [0.1, 0.15) is 17.3 Å². The number of nitrogens with one attached hydrogen (secondary N) is 3. The molecule has 1 saturated heterocycles. The molecule has 2 heterocycles. The molecule has 31 heavy (non-hydrogen) atoms. The maximum absolute atomic E-state index is 5.41. The Morgan fingerprint density at radius 1 is 1.19 bits per heavy atom. The van der Waals surface area contributed by atoms with Crippen molar-refractivity contribution >= 4 is 22.7 Å². The summed E-state index contributed by atoms with van der Waals surface area (Å²) in [6.07, 6.45) is 1.83. The molecule has 0 radical (unpaired) electrons. The lowest BCUT2D eigenvalue weighted by Crippen LogP contribution is -2.45. The van der Waals surface area contributed by atoms with Crippen LogP contribution >= 0.6 is 0 Å². The number of aliphatic imine (C=N–C) groups is 1. The van der Waals surface area contributed by atoms with E-state index >= 15 is 0 Å². The lowest BCUT2D eigenvalue weighted by atomic mass is 10.2. The smallest absolute Gasteiger partial charge is 0.191 e. The van der Waals surface area contributed by atoms with Gasteiger partial charge in [-0.05, 0) is 18.6 Å². The summed E-state index contributed by atoms with van der Waals surface area (Å²) < 4.78 is 10.8. The number of anilines is 1. The number of hydrogen-bond acceptors (Lipinski definition) is 5. The number of guanidine groups is 1. The van der Waals surface area contributed by atoms with Gasteiger partial charge in [0.15, 0.2) is 5.96 Å². The molecule has 2 aromatic carbocycles. The molecule has 1 unspecified atom stereocenters. The molecule has 1 aliphatic heterocycles. The molecule has 0 aliphatic carbocycles. The first-order chi connectivity index (χ1) is 15.2. The average molecular weight is 423 g/mol. The Morgan fingerprint density at radius 2 is 1.97 bits per heavy atom. The van der Waals surface area contributed by atoms with E-state index < -0.39 is 0 Å². The highest BCUT2D eigenvalue weighted by molar-refractivity contribution is 5.80. The van der Waals surface area contributed by atoms with Crippen molar-refractivity contribution in [2.75, 3.05) is 45.8 Å². The van der Waals surface area contributed by atoms with Crippen molar-refractivity contribution in [1.29, 1.82) is 0 Å². The second-order valence-corrected chi connectivity index (χ2v) is 7.60. The molecule has 8 nitrogen and oxygen atoms in total. The first kappa shape index (κ1) is 20.8. The van der Waals surface area contributed by atoms with Gasteiger partial charge in [-0.25, -0.2) is 4.98 Å². The van der Waals surface area contributed by atoms with Crippen molar-refractivity contribution in [2.24, 2.45) is 4.99 Å². The molecule has 3 aromatic rings. The number of nitrogens with zero attached hydrogens (tertiary/aromatic N) is 3. The van der Waals surface area contributed by atoms with Gasteiger partial charge in [-0.1, -0.05) is 12.1 Å². The van der Waals surface area contributed by atoms with E-state index in [1.54, 1.807) is 21.3 Å². The minimum Gasteiger partial charge on any atom is -0.497 e. The summed E-state index contributed by atoms with van der Waals surface area (Å²) in [6, 6.07) is 14.4. The van der Waals surface area contributed by atoms with Crippen LogP contribution in [0.2, 0.25) is 0 Å². The van der Waals surface area contributed by atoms with E-state index in [0.29, 0.717) is 6.04 Å². The van der Waals surface area contributed by atoms with Crippen LogP contribution in [-0.2, 0) is 6.42 Å². The summed E-state index contributed by atoms with van der Waals surface area (Å²) in [6.45, 7) is 2.60. The lowest BCUT2D eigenvalue weighted by molar-refractivity contribution is 0.394. The SMILES string of the molecule is CN=C(NCCc1nc2ccccc2[nH]1)NC1CCN(c2cc(OC)cc(OC)c2)C1. The molecular weight excluding hydrogens is 392 g/mol. The van der Waals surface area contributed by atoms with Crippen molar-refractivity contribution in [3.8, 4) is 11.5 Å². The van der Waals surface area contributed by atoms with Crippen LogP contribution in [0.3, 0.4) is 0 Å². The predicted molar refractivity (Wildman–Crippen MR) is 124 cm³/mol. The van der Waals surface area contributed by atoms with Crippen LogP contribution < -0.4 is 25.0 Å². The van der Waals surface area contributed by atoms with Crippen LogP contribution in [-0.4, -0.2) is 62.9 Å². The number of para-hydroxylation sites is 2. The number of fused-ring (bicyclic) bond motifs is 1. The van der Waals surface area contributed by atoms with E-state index in [1.165, 1.54) is 0 Å². The number of aromatic nitrogens is 2. The van der Waals surface area contributed by atoms with Crippen LogP contribution in [0.1, 0.15) is 12.2 Å². The van der Waals surface area contributed by atoms with Gasteiger partial charge >= 0.3 is 0 Å². The Labute approximate surface area is 182 Å². The third-order valence-electron chi connectivity index (χ3n) is 5.55. The zero-order chi connectivity index (χ0) is 21.6. The molecule has 4 rings (SSSR count). The normalized spacial score (nSPS) is 16.5. The third kappa shape index (κ3) is 5.02. The number of ether oxygens (including phenoxy) is 2. The van der Waals surface area contributed by atoms with Crippen LogP contribution in [0.25, 0.3) is 11.0 Å². The Morgan fingerprint density at radius 3 is 2.68 bits per heavy atom. The summed E-state index contributed by atoms with van der Waals surface area (Å²) >= 11 is 0. The molecule has 0 bridgehead atoms. The first-order valence-electron chi connectivity index (χ1n) is 10.6. The molecule has 1 atom stereocenters. The number of imidazole rings is 1. The van der Waals surface area contributed by atoms with Crippen LogP contribution in [0, 0.1) is 0 Å². The minimum atomic E-state index is 0.314. The minimum absolute atomic E-state index is 0.314. The molecule has 1 fully saturated rings. The zero-order valence-corrected chi connectivity index (χ0v) is 18.3. The molecule has 164 valence electrons. The van der Waals surface area contributed by atoms with Crippen molar-refractivity contribution in [1.82, 2.24) is 20.6 Å². The van der Waals surface area contributed by atoms with E-state index in [0.717, 1.165) is 72.5 Å². The predicted octanol–water partition coefficient (Wildman–Crippen LogP) is 2.57. The van der Waals surface area contributed by atoms with E-state index in [-0.39, 0.29) is 0 Å². The number of aromatic amines is 1. The molecule has 1 aromatic heterocycles. The number of rotatable bonds is 7. The van der Waals surface area contributed by atoms with Crippen molar-refractivity contribution in [3.63, 3.8) is 0 Å². The van der Waals surface area contributed by atoms with E-state index in [2.05, 4.69) is 30.5 Å². The quantitative estimate of drug-likeness (QED) is 0.401. The van der Waals surface area contributed by atoms with Crippen LogP contribution in [0.15, 0.2) is 47.5 Å². The van der Waals surface area contributed by atoms with Gasteiger partial charge in [-0.15, -0.1) is 0 Å². The van der Waals surface area contributed by atoms with E-state index in [9.17, 15) is 0 Å². The van der Waals surface area contributed by atoms with Crippen LogP contribution in [0.5, 0.6) is 11.5 Å². The monoisotopic (exact) mass is 422 g/mol. The van der Waals surface area contributed by atoms with Gasteiger partial charge < -0.3 is 30.0 Å². The molecular formula is C23H30N6O2. The zero-order valence-electron chi connectivity index (χ0n) is 18.3. The van der Waals surface area contributed by atoms with Crippen LogP contribution in [0.4, 0.5) is 5.69 Å². The van der Waals surface area contributed by atoms with Crippen molar-refractivity contribution in [2.45, 2.75) is 18.9 Å². The molecule has 0 amide bonds. The Bertz CT molecular complexity index is 992. The molecule has 0 saturated carbocycles. The van der Waals surface area contributed by atoms with Gasteiger partial charge in [-0.3, -0.25) is 4.99 Å². The van der Waals surface area contributed by atoms with Gasteiger partial charge in [0.05, 0.1) is 25.3 Å².